The molecule has 0 aliphatic carbocycles. The van der Waals surface area contributed by atoms with E-state index in [0.29, 0.717) is 57.4 Å². The number of carbonyl (C=O) groups is 2. The molecule has 0 unspecified atom stereocenters. The number of esters is 1. The van der Waals surface area contributed by atoms with Crippen LogP contribution in [-0.4, -0.2) is 62.8 Å². The topological polar surface area (TPSA) is 84.0 Å². The Hall–Kier alpha value is -2.00. The molecule has 29 heavy (non-hydrogen) atoms. The number of hydrogen-bond donors (Lipinski definition) is 0. The molecule has 7 nitrogen and oxygen atoms in total. The van der Waals surface area contributed by atoms with Gasteiger partial charge in [0.1, 0.15) is 5.82 Å². The summed E-state index contributed by atoms with van der Waals surface area (Å²) < 4.78 is 44.5. The smallest absolute Gasteiger partial charge is 0.308 e. The van der Waals surface area contributed by atoms with Crippen LogP contribution in [0.4, 0.5) is 4.39 Å². The number of hydrogen-bond acceptors (Lipinski definition) is 5. The van der Waals surface area contributed by atoms with Crippen LogP contribution >= 0.6 is 0 Å². The summed E-state index contributed by atoms with van der Waals surface area (Å²) in [5.41, 5.74) is 0.540. The number of rotatable bonds is 5. The monoisotopic (exact) mass is 426 g/mol. The van der Waals surface area contributed by atoms with Crippen molar-refractivity contribution >= 4 is 21.9 Å². The molecule has 2 aliphatic heterocycles. The second-order valence-corrected chi connectivity index (χ2v) is 9.65. The van der Waals surface area contributed by atoms with Gasteiger partial charge in [-0.1, -0.05) is 12.1 Å². The van der Waals surface area contributed by atoms with Gasteiger partial charge in [-0.25, -0.2) is 17.1 Å². The number of nitrogens with zero attached hydrogens (tertiary/aromatic N) is 2. The lowest BCUT2D eigenvalue weighted by molar-refractivity contribution is -0.149. The van der Waals surface area contributed by atoms with Gasteiger partial charge in [0.2, 0.25) is 15.9 Å². The molecule has 0 spiro atoms. The molecule has 3 rings (SSSR count). The Bertz CT molecular complexity index is 827. The van der Waals surface area contributed by atoms with E-state index in [4.69, 9.17) is 4.74 Å². The highest BCUT2D eigenvalue weighted by Gasteiger charge is 2.35. The van der Waals surface area contributed by atoms with Crippen LogP contribution in [0.25, 0.3) is 0 Å². The zero-order chi connectivity index (χ0) is 21.0. The fourth-order valence-electron chi connectivity index (χ4n) is 4.02. The maximum Gasteiger partial charge on any atom is 0.308 e. The summed E-state index contributed by atoms with van der Waals surface area (Å²) in [4.78, 5) is 26.2. The molecule has 1 amide bonds. The maximum atomic E-state index is 13.0. The molecule has 0 bridgehead atoms. The summed E-state index contributed by atoms with van der Waals surface area (Å²) in [6.07, 6.45) is 2.17. The normalized spacial score (nSPS) is 19.9. The summed E-state index contributed by atoms with van der Waals surface area (Å²) in [5.74, 6) is -1.10. The Labute approximate surface area is 170 Å². The lowest BCUT2D eigenvalue weighted by atomic mass is 9.92. The van der Waals surface area contributed by atoms with Crippen LogP contribution in [0.5, 0.6) is 0 Å². The van der Waals surface area contributed by atoms with Gasteiger partial charge in [-0.15, -0.1) is 0 Å². The van der Waals surface area contributed by atoms with Crippen LogP contribution in [0, 0.1) is 17.7 Å². The van der Waals surface area contributed by atoms with Crippen LogP contribution < -0.4 is 0 Å². The van der Waals surface area contributed by atoms with E-state index in [1.54, 1.807) is 4.90 Å². The highest BCUT2D eigenvalue weighted by atomic mass is 32.2. The van der Waals surface area contributed by atoms with Crippen LogP contribution in [-0.2, 0) is 30.1 Å². The van der Waals surface area contributed by atoms with E-state index in [0.717, 1.165) is 0 Å². The third-order valence-corrected chi connectivity index (χ3v) is 7.65. The Morgan fingerprint density at radius 2 is 1.55 bits per heavy atom. The van der Waals surface area contributed by atoms with Gasteiger partial charge in [0.25, 0.3) is 0 Å². The third kappa shape index (κ3) is 5.33. The van der Waals surface area contributed by atoms with Crippen molar-refractivity contribution in [1.82, 2.24) is 9.21 Å². The average Bonchev–Trinajstić information content (AvgIpc) is 2.74. The number of amides is 1. The van der Waals surface area contributed by atoms with Gasteiger partial charge in [0, 0.05) is 32.1 Å². The van der Waals surface area contributed by atoms with Crippen molar-refractivity contribution < 1.29 is 27.1 Å². The minimum absolute atomic E-state index is 0.0453. The van der Waals surface area contributed by atoms with E-state index in [1.165, 1.54) is 35.7 Å². The Kier molecular flexibility index (Phi) is 6.89. The van der Waals surface area contributed by atoms with E-state index in [9.17, 15) is 22.4 Å². The summed E-state index contributed by atoms with van der Waals surface area (Å²) in [5, 5.41) is 0. The van der Waals surface area contributed by atoms with E-state index in [1.807, 2.05) is 0 Å². The molecule has 2 saturated heterocycles. The molecule has 1 aromatic carbocycles. The number of halogens is 1. The fraction of sp³-hybridized carbons (Fsp3) is 0.600. The van der Waals surface area contributed by atoms with Gasteiger partial charge >= 0.3 is 5.97 Å². The number of piperidine rings is 2. The Balaban J connectivity index is 1.50. The van der Waals surface area contributed by atoms with E-state index >= 15 is 0 Å². The average molecular weight is 427 g/mol. The van der Waals surface area contributed by atoms with Crippen molar-refractivity contribution in [2.24, 2.45) is 11.8 Å². The zero-order valence-electron chi connectivity index (χ0n) is 16.5. The molecule has 2 aliphatic rings. The lowest BCUT2D eigenvalue weighted by Gasteiger charge is -2.36. The molecular weight excluding hydrogens is 399 g/mol. The minimum atomic E-state index is -3.51. The quantitative estimate of drug-likeness (QED) is 0.670. The van der Waals surface area contributed by atoms with E-state index < -0.39 is 15.8 Å². The van der Waals surface area contributed by atoms with E-state index in [2.05, 4.69) is 0 Å². The first kappa shape index (κ1) is 21.7. The predicted octanol–water partition coefficient (Wildman–Crippen LogP) is 1.78. The number of carbonyl (C=O) groups excluding carboxylic acids is 2. The largest absolute Gasteiger partial charge is 0.469 e. The Morgan fingerprint density at radius 1 is 1.00 bits per heavy atom. The van der Waals surface area contributed by atoms with Crippen molar-refractivity contribution in [3.05, 3.63) is 35.6 Å². The second kappa shape index (κ2) is 9.21. The van der Waals surface area contributed by atoms with Gasteiger partial charge in [0.05, 0.1) is 18.8 Å². The van der Waals surface area contributed by atoms with Gasteiger partial charge in [0.15, 0.2) is 0 Å². The molecule has 0 atom stereocenters. The summed E-state index contributed by atoms with van der Waals surface area (Å²) in [6.45, 7) is 1.67. The summed E-state index contributed by atoms with van der Waals surface area (Å²) in [7, 11) is -2.14. The van der Waals surface area contributed by atoms with Crippen LogP contribution in [0.3, 0.4) is 0 Å². The number of sulfonamides is 1. The van der Waals surface area contributed by atoms with Crippen molar-refractivity contribution in [2.75, 3.05) is 33.3 Å². The number of methoxy groups -OCH3 is 1. The molecular formula is C20H27FN2O5S. The molecule has 160 valence electrons. The van der Waals surface area contributed by atoms with Crippen molar-refractivity contribution in [3.63, 3.8) is 0 Å². The van der Waals surface area contributed by atoms with Gasteiger partial charge in [-0.2, -0.15) is 0 Å². The van der Waals surface area contributed by atoms with Crippen molar-refractivity contribution in [3.8, 4) is 0 Å². The first-order chi connectivity index (χ1) is 13.8. The molecule has 9 heteroatoms. The minimum Gasteiger partial charge on any atom is -0.469 e. The third-order valence-electron chi connectivity index (χ3n) is 5.80. The first-order valence-electron chi connectivity index (χ1n) is 9.89. The molecule has 0 aromatic heterocycles. The Morgan fingerprint density at radius 3 is 2.10 bits per heavy atom. The zero-order valence-corrected chi connectivity index (χ0v) is 17.4. The molecule has 0 radical (unpaired) electrons. The highest BCUT2D eigenvalue weighted by Crippen LogP contribution is 2.26. The highest BCUT2D eigenvalue weighted by molar-refractivity contribution is 7.88. The number of ether oxygens (including phenoxy) is 1. The van der Waals surface area contributed by atoms with Crippen molar-refractivity contribution in [2.45, 2.75) is 31.4 Å². The molecule has 0 saturated carbocycles. The van der Waals surface area contributed by atoms with Crippen molar-refractivity contribution in [1.29, 1.82) is 0 Å². The van der Waals surface area contributed by atoms with E-state index in [-0.39, 0.29) is 29.5 Å². The van der Waals surface area contributed by atoms with Gasteiger partial charge in [-0.3, -0.25) is 9.59 Å². The second-order valence-electron chi connectivity index (χ2n) is 7.68. The SMILES string of the molecule is COC(=O)C1CCN(C(=O)C2CCN(S(=O)(=O)Cc3ccc(F)cc3)CC2)CC1. The standard InChI is InChI=1S/C20H27FN2O5S/c1-28-20(25)17-6-10-22(11-7-17)19(24)16-8-12-23(13-9-16)29(26,27)14-15-2-4-18(21)5-3-15/h2-5,16-17H,6-14H2,1H3. The molecule has 1 aromatic rings. The van der Waals surface area contributed by atoms with Gasteiger partial charge < -0.3 is 9.64 Å². The summed E-state index contributed by atoms with van der Waals surface area (Å²) >= 11 is 0. The van der Waals surface area contributed by atoms with Crippen LogP contribution in [0.1, 0.15) is 31.2 Å². The maximum absolute atomic E-state index is 13.0. The lowest BCUT2D eigenvalue weighted by Crippen LogP contribution is -2.47. The predicted molar refractivity (Wildman–Crippen MR) is 105 cm³/mol. The number of likely N-dealkylation sites (tertiary alicyclic amines) is 1. The van der Waals surface area contributed by atoms with Crippen LogP contribution in [0.15, 0.2) is 24.3 Å². The summed E-state index contributed by atoms with van der Waals surface area (Å²) in [6, 6.07) is 5.44. The molecule has 2 fully saturated rings. The first-order valence-corrected chi connectivity index (χ1v) is 11.5. The van der Waals surface area contributed by atoms with Gasteiger partial charge in [-0.05, 0) is 43.4 Å². The fourth-order valence-corrected chi connectivity index (χ4v) is 5.59. The number of benzene rings is 1. The molecule has 0 N–H and O–H groups in total. The molecule has 2 heterocycles. The van der Waals surface area contributed by atoms with Crippen LogP contribution in [0.2, 0.25) is 0 Å².